The number of ether oxygens (including phenoxy) is 1. The van der Waals surface area contributed by atoms with Gasteiger partial charge < -0.3 is 4.74 Å². The van der Waals surface area contributed by atoms with Crippen LogP contribution in [0.2, 0.25) is 5.02 Å². The van der Waals surface area contributed by atoms with E-state index >= 15 is 0 Å². The van der Waals surface area contributed by atoms with Crippen molar-refractivity contribution in [2.24, 2.45) is 0 Å². The van der Waals surface area contributed by atoms with Crippen molar-refractivity contribution in [1.82, 2.24) is 9.29 Å². The van der Waals surface area contributed by atoms with Gasteiger partial charge in [-0.05, 0) is 42.3 Å². The van der Waals surface area contributed by atoms with Crippen LogP contribution < -0.4 is 5.32 Å². The molecule has 0 radical (unpaired) electrons. The molecule has 2 aromatic carbocycles. The molecular formula is C22H22ClN3O4S2. The Hall–Kier alpha value is -2.30. The fourth-order valence-corrected chi connectivity index (χ4v) is 5.80. The van der Waals surface area contributed by atoms with E-state index in [1.807, 2.05) is 25.1 Å². The molecule has 1 saturated heterocycles. The number of nitrogens with zero attached hydrogens (tertiary/aromatic N) is 2. The molecule has 1 fully saturated rings. The predicted molar refractivity (Wildman–Crippen MR) is 125 cm³/mol. The van der Waals surface area contributed by atoms with Gasteiger partial charge in [-0.2, -0.15) is 4.31 Å². The third kappa shape index (κ3) is 5.19. The Morgan fingerprint density at radius 1 is 1.22 bits per heavy atom. The Balaban J connectivity index is 1.45. The van der Waals surface area contributed by atoms with Crippen LogP contribution in [0.15, 0.2) is 53.6 Å². The summed E-state index contributed by atoms with van der Waals surface area (Å²) in [6.45, 7) is 3.27. The second-order valence-electron chi connectivity index (χ2n) is 7.39. The lowest BCUT2D eigenvalue weighted by Gasteiger charge is -2.26. The maximum Gasteiger partial charge on any atom is 0.257 e. The fourth-order valence-electron chi connectivity index (χ4n) is 3.30. The standard InChI is InChI=1S/C22H22ClN3O4S2/c1-15-5-6-16(12-20(15)23)11-18-14-24-22(31-18)25-21(27)17-3-2-4-19(13-17)32(28,29)26-7-9-30-10-8-26/h2-6,12-14H,7-11H2,1H3,(H,24,25,27). The van der Waals surface area contributed by atoms with Gasteiger partial charge in [0, 0.05) is 41.2 Å². The summed E-state index contributed by atoms with van der Waals surface area (Å²) < 4.78 is 32.3. The minimum Gasteiger partial charge on any atom is -0.379 e. The van der Waals surface area contributed by atoms with E-state index in [1.165, 1.54) is 27.8 Å². The van der Waals surface area contributed by atoms with Gasteiger partial charge >= 0.3 is 0 Å². The van der Waals surface area contributed by atoms with Crippen LogP contribution in [0.3, 0.4) is 0 Å². The highest BCUT2D eigenvalue weighted by molar-refractivity contribution is 7.89. The van der Waals surface area contributed by atoms with E-state index in [9.17, 15) is 13.2 Å². The molecule has 168 valence electrons. The second-order valence-corrected chi connectivity index (χ2v) is 10.9. The molecule has 0 atom stereocenters. The van der Waals surface area contributed by atoms with Crippen molar-refractivity contribution in [3.05, 3.63) is 75.3 Å². The number of rotatable bonds is 6. The van der Waals surface area contributed by atoms with E-state index < -0.39 is 15.9 Å². The van der Waals surface area contributed by atoms with Gasteiger partial charge in [-0.25, -0.2) is 13.4 Å². The minimum absolute atomic E-state index is 0.0862. The summed E-state index contributed by atoms with van der Waals surface area (Å²) in [5.41, 5.74) is 2.33. The van der Waals surface area contributed by atoms with Crippen molar-refractivity contribution in [1.29, 1.82) is 0 Å². The summed E-state index contributed by atoms with van der Waals surface area (Å²) in [5.74, 6) is -0.414. The number of hydrogen-bond acceptors (Lipinski definition) is 6. The molecule has 1 N–H and O–H groups in total. The van der Waals surface area contributed by atoms with Crippen molar-refractivity contribution >= 4 is 44.0 Å². The number of amides is 1. The van der Waals surface area contributed by atoms with Crippen molar-refractivity contribution in [3.63, 3.8) is 0 Å². The number of thiazole rings is 1. The molecule has 0 bridgehead atoms. The van der Waals surface area contributed by atoms with Gasteiger partial charge in [-0.1, -0.05) is 29.8 Å². The number of aryl methyl sites for hydroxylation is 1. The van der Waals surface area contributed by atoms with Gasteiger partial charge in [0.15, 0.2) is 5.13 Å². The summed E-state index contributed by atoms with van der Waals surface area (Å²) >= 11 is 7.56. The second kappa shape index (κ2) is 9.68. The summed E-state index contributed by atoms with van der Waals surface area (Å²) in [7, 11) is -3.68. The number of hydrogen-bond donors (Lipinski definition) is 1. The molecule has 10 heteroatoms. The maximum absolute atomic E-state index is 12.9. The number of nitrogens with one attached hydrogen (secondary N) is 1. The first-order chi connectivity index (χ1) is 15.3. The van der Waals surface area contributed by atoms with E-state index in [2.05, 4.69) is 10.3 Å². The van der Waals surface area contributed by atoms with Crippen molar-refractivity contribution in [2.75, 3.05) is 31.6 Å². The van der Waals surface area contributed by atoms with Crippen LogP contribution in [0.1, 0.15) is 26.4 Å². The summed E-state index contributed by atoms with van der Waals surface area (Å²) in [4.78, 5) is 18.1. The third-order valence-electron chi connectivity index (χ3n) is 5.09. The van der Waals surface area contributed by atoms with Gasteiger partial charge in [0.2, 0.25) is 10.0 Å². The third-order valence-corrected chi connectivity index (χ3v) is 8.31. The van der Waals surface area contributed by atoms with E-state index in [0.29, 0.717) is 42.9 Å². The minimum atomic E-state index is -3.68. The Morgan fingerprint density at radius 3 is 2.75 bits per heavy atom. The SMILES string of the molecule is Cc1ccc(Cc2cnc(NC(=O)c3cccc(S(=O)(=O)N4CCOCC4)c3)s2)cc1Cl. The quantitative estimate of drug-likeness (QED) is 0.563. The molecule has 1 aromatic heterocycles. The number of halogens is 1. The van der Waals surface area contributed by atoms with Crippen LogP contribution in [0.5, 0.6) is 0 Å². The molecule has 2 heterocycles. The average Bonchev–Trinajstić information content (AvgIpc) is 3.23. The first kappa shape index (κ1) is 22.9. The molecule has 3 aromatic rings. The number of sulfonamides is 1. The lowest BCUT2D eigenvalue weighted by Crippen LogP contribution is -2.40. The number of carbonyl (C=O) groups is 1. The van der Waals surface area contributed by atoms with Gasteiger partial charge in [-0.3, -0.25) is 10.1 Å². The van der Waals surface area contributed by atoms with Crippen LogP contribution in [-0.4, -0.2) is 49.9 Å². The number of anilines is 1. The molecule has 0 unspecified atom stereocenters. The molecule has 0 aliphatic carbocycles. The highest BCUT2D eigenvalue weighted by atomic mass is 35.5. The Morgan fingerprint density at radius 2 is 2.00 bits per heavy atom. The molecule has 1 aliphatic heterocycles. The average molecular weight is 492 g/mol. The molecule has 0 spiro atoms. The van der Waals surface area contributed by atoms with Gasteiger partial charge in [0.05, 0.1) is 18.1 Å². The summed E-state index contributed by atoms with van der Waals surface area (Å²) in [6, 6.07) is 11.9. The maximum atomic E-state index is 12.9. The highest BCUT2D eigenvalue weighted by Crippen LogP contribution is 2.25. The van der Waals surface area contributed by atoms with Crippen LogP contribution in [0.25, 0.3) is 0 Å². The van der Waals surface area contributed by atoms with Crippen molar-refractivity contribution < 1.29 is 17.9 Å². The predicted octanol–water partition coefficient (Wildman–Crippen LogP) is 3.97. The zero-order valence-corrected chi connectivity index (χ0v) is 19.8. The van der Waals surface area contributed by atoms with E-state index in [4.69, 9.17) is 16.3 Å². The molecule has 7 nitrogen and oxygen atoms in total. The monoisotopic (exact) mass is 491 g/mol. The smallest absolute Gasteiger partial charge is 0.257 e. The lowest BCUT2D eigenvalue weighted by molar-refractivity contribution is 0.0730. The molecule has 4 rings (SSSR count). The van der Waals surface area contributed by atoms with Crippen molar-refractivity contribution in [3.8, 4) is 0 Å². The van der Waals surface area contributed by atoms with Crippen molar-refractivity contribution in [2.45, 2.75) is 18.2 Å². The zero-order chi connectivity index (χ0) is 22.7. The van der Waals surface area contributed by atoms with Gasteiger partial charge in [0.25, 0.3) is 5.91 Å². The van der Waals surface area contributed by atoms with E-state index in [-0.39, 0.29) is 10.5 Å². The molecule has 1 amide bonds. The number of benzene rings is 2. The number of aromatic nitrogens is 1. The molecule has 32 heavy (non-hydrogen) atoms. The first-order valence-corrected chi connectivity index (χ1v) is 12.7. The summed E-state index contributed by atoms with van der Waals surface area (Å²) in [5, 5.41) is 3.92. The van der Waals surface area contributed by atoms with Gasteiger partial charge in [0.1, 0.15) is 0 Å². The molecule has 1 aliphatic rings. The summed E-state index contributed by atoms with van der Waals surface area (Å²) in [6.07, 6.45) is 2.37. The lowest BCUT2D eigenvalue weighted by atomic mass is 10.1. The first-order valence-electron chi connectivity index (χ1n) is 10.0. The van der Waals surface area contributed by atoms with E-state index in [1.54, 1.807) is 18.3 Å². The topological polar surface area (TPSA) is 88.6 Å². The largest absolute Gasteiger partial charge is 0.379 e. The number of carbonyl (C=O) groups excluding carboxylic acids is 1. The number of morpholine rings is 1. The Labute approximate surface area is 196 Å². The Kier molecular flexibility index (Phi) is 6.92. The van der Waals surface area contributed by atoms with Crippen LogP contribution >= 0.6 is 22.9 Å². The van der Waals surface area contributed by atoms with Crippen LogP contribution in [-0.2, 0) is 21.2 Å². The molecular weight excluding hydrogens is 470 g/mol. The normalized spacial score (nSPS) is 14.9. The fraction of sp³-hybridized carbons (Fsp3) is 0.273. The molecule has 0 saturated carbocycles. The van der Waals surface area contributed by atoms with Crippen LogP contribution in [0, 0.1) is 6.92 Å². The zero-order valence-electron chi connectivity index (χ0n) is 17.4. The Bertz CT molecular complexity index is 1240. The van der Waals surface area contributed by atoms with Crippen LogP contribution in [0.4, 0.5) is 5.13 Å². The van der Waals surface area contributed by atoms with E-state index in [0.717, 1.165) is 16.0 Å². The highest BCUT2D eigenvalue weighted by Gasteiger charge is 2.27. The van der Waals surface area contributed by atoms with Gasteiger partial charge in [-0.15, -0.1) is 11.3 Å².